The van der Waals surface area contributed by atoms with Gasteiger partial charge in [0.2, 0.25) is 0 Å². The minimum absolute atomic E-state index is 0.0931. The first kappa shape index (κ1) is 17.3. The molecule has 0 unspecified atom stereocenters. The topological polar surface area (TPSA) is 78.9 Å². The monoisotopic (exact) mass is 282 g/mol. The highest BCUT2D eigenvalue weighted by Crippen LogP contribution is 2.06. The molecule has 18 heavy (non-hydrogen) atoms. The molecular formula is C11H22O6S. The molecule has 0 atom stereocenters. The van der Waals surface area contributed by atoms with E-state index >= 15 is 0 Å². The van der Waals surface area contributed by atoms with E-state index in [1.807, 2.05) is 0 Å². The molecule has 0 aliphatic rings. The van der Waals surface area contributed by atoms with Gasteiger partial charge >= 0.3 is 5.97 Å². The molecule has 0 aromatic carbocycles. The molecule has 0 rings (SSSR count). The Kier molecular flexibility index (Phi) is 7.42. The summed E-state index contributed by atoms with van der Waals surface area (Å²) in [5, 5.41) is 0. The Morgan fingerprint density at radius 2 is 1.67 bits per heavy atom. The number of unbranched alkanes of at least 4 members (excludes halogenated alkanes) is 1. The van der Waals surface area contributed by atoms with Crippen LogP contribution in [0, 0.1) is 0 Å². The summed E-state index contributed by atoms with van der Waals surface area (Å²) in [6.07, 6.45) is 2.19. The van der Waals surface area contributed by atoms with Crippen LogP contribution in [0.3, 0.4) is 0 Å². The zero-order valence-electron chi connectivity index (χ0n) is 11.4. The molecule has 7 heteroatoms. The van der Waals surface area contributed by atoms with Crippen LogP contribution in [0.4, 0.5) is 0 Å². The Morgan fingerprint density at radius 1 is 1.11 bits per heavy atom. The van der Waals surface area contributed by atoms with Crippen LogP contribution in [0.25, 0.3) is 0 Å². The molecule has 0 N–H and O–H groups in total. The van der Waals surface area contributed by atoms with Crippen molar-refractivity contribution in [2.45, 2.75) is 39.2 Å². The summed E-state index contributed by atoms with van der Waals surface area (Å²) in [5.41, 5.74) is -0.510. The van der Waals surface area contributed by atoms with Gasteiger partial charge in [0.25, 0.3) is 10.1 Å². The van der Waals surface area contributed by atoms with Crippen molar-refractivity contribution < 1.29 is 26.9 Å². The smallest absolute Gasteiger partial charge is 0.332 e. The van der Waals surface area contributed by atoms with Crippen LogP contribution in [0.5, 0.6) is 0 Å². The molecule has 0 spiro atoms. The van der Waals surface area contributed by atoms with Crippen LogP contribution < -0.4 is 0 Å². The number of ether oxygens (including phenoxy) is 2. The highest BCUT2D eigenvalue weighted by atomic mass is 32.2. The predicted molar refractivity (Wildman–Crippen MR) is 66.7 cm³/mol. The molecule has 0 bridgehead atoms. The summed E-state index contributed by atoms with van der Waals surface area (Å²) in [4.78, 5) is 11.2. The lowest BCUT2D eigenvalue weighted by Crippen LogP contribution is -2.26. The number of carbonyl (C=O) groups excluding carboxylic acids is 1. The van der Waals surface area contributed by atoms with Gasteiger partial charge in [-0.15, -0.1) is 0 Å². The fourth-order valence-corrected chi connectivity index (χ4v) is 1.46. The van der Waals surface area contributed by atoms with Crippen LogP contribution in [-0.2, 0) is 28.6 Å². The maximum absolute atomic E-state index is 11.2. The van der Waals surface area contributed by atoms with Gasteiger partial charge in [0.15, 0.2) is 0 Å². The number of hydrogen-bond donors (Lipinski definition) is 0. The third-order valence-electron chi connectivity index (χ3n) is 1.62. The number of carbonyl (C=O) groups is 1. The molecule has 0 aromatic heterocycles. The van der Waals surface area contributed by atoms with Gasteiger partial charge < -0.3 is 9.47 Å². The van der Waals surface area contributed by atoms with Gasteiger partial charge in [0.05, 0.1) is 12.9 Å². The van der Waals surface area contributed by atoms with E-state index in [2.05, 4.69) is 4.18 Å². The lowest BCUT2D eigenvalue weighted by Gasteiger charge is -2.19. The van der Waals surface area contributed by atoms with E-state index < -0.39 is 21.7 Å². The quantitative estimate of drug-likeness (QED) is 0.377. The van der Waals surface area contributed by atoms with Crippen molar-refractivity contribution in [2.75, 3.05) is 26.1 Å². The van der Waals surface area contributed by atoms with E-state index in [1.165, 1.54) is 0 Å². The zero-order valence-corrected chi connectivity index (χ0v) is 12.2. The molecule has 108 valence electrons. The van der Waals surface area contributed by atoms with Gasteiger partial charge in [-0.1, -0.05) is 0 Å². The second-order valence-electron chi connectivity index (χ2n) is 4.87. The molecule has 0 aliphatic heterocycles. The van der Waals surface area contributed by atoms with E-state index in [1.54, 1.807) is 20.8 Å². The van der Waals surface area contributed by atoms with E-state index in [0.717, 1.165) is 6.26 Å². The summed E-state index contributed by atoms with van der Waals surface area (Å²) in [5.74, 6) is -0.408. The standard InChI is InChI=1S/C11H22O6S/c1-11(2,3)17-10(12)9-15-7-5-6-8-16-18(4,13)14/h5-9H2,1-4H3. The first-order valence-electron chi connectivity index (χ1n) is 5.74. The van der Waals surface area contributed by atoms with Crippen molar-refractivity contribution in [3.63, 3.8) is 0 Å². The Hall–Kier alpha value is -0.660. The number of rotatable bonds is 8. The van der Waals surface area contributed by atoms with Gasteiger partial charge in [0.1, 0.15) is 12.2 Å². The summed E-state index contributed by atoms with van der Waals surface area (Å²) < 4.78 is 35.9. The molecule has 0 radical (unpaired) electrons. The Morgan fingerprint density at radius 3 is 2.17 bits per heavy atom. The van der Waals surface area contributed by atoms with Crippen molar-refractivity contribution >= 4 is 16.1 Å². The Labute approximate surface area is 109 Å². The second-order valence-corrected chi connectivity index (χ2v) is 6.52. The number of hydrogen-bond acceptors (Lipinski definition) is 6. The first-order chi connectivity index (χ1) is 8.10. The SMILES string of the molecule is CC(C)(C)OC(=O)COCCCCOS(C)(=O)=O. The maximum Gasteiger partial charge on any atom is 0.332 e. The van der Waals surface area contributed by atoms with Gasteiger partial charge in [-0.2, -0.15) is 8.42 Å². The minimum Gasteiger partial charge on any atom is -0.458 e. The summed E-state index contributed by atoms with van der Waals surface area (Å²) >= 11 is 0. The first-order valence-corrected chi connectivity index (χ1v) is 7.56. The van der Waals surface area contributed by atoms with Crippen LogP contribution in [-0.4, -0.2) is 46.1 Å². The van der Waals surface area contributed by atoms with Crippen molar-refractivity contribution in [3.05, 3.63) is 0 Å². The summed E-state index contributed by atoms with van der Waals surface area (Å²) in [7, 11) is -3.37. The van der Waals surface area contributed by atoms with Crippen LogP contribution in [0.15, 0.2) is 0 Å². The molecule has 0 aromatic rings. The summed E-state index contributed by atoms with van der Waals surface area (Å²) in [6.45, 7) is 5.76. The third-order valence-corrected chi connectivity index (χ3v) is 2.22. The van der Waals surface area contributed by atoms with Crippen LogP contribution in [0.1, 0.15) is 33.6 Å². The highest BCUT2D eigenvalue weighted by Gasteiger charge is 2.15. The molecule has 0 aliphatic carbocycles. The lowest BCUT2D eigenvalue weighted by molar-refractivity contribution is -0.160. The van der Waals surface area contributed by atoms with Crippen molar-refractivity contribution in [3.8, 4) is 0 Å². The van der Waals surface area contributed by atoms with E-state index in [0.29, 0.717) is 19.4 Å². The molecule has 0 amide bonds. The van der Waals surface area contributed by atoms with Crippen molar-refractivity contribution in [2.24, 2.45) is 0 Å². The summed E-state index contributed by atoms with van der Waals surface area (Å²) in [6, 6.07) is 0. The molecule has 0 heterocycles. The number of esters is 1. The molecule has 0 saturated heterocycles. The average molecular weight is 282 g/mol. The maximum atomic E-state index is 11.2. The van der Waals surface area contributed by atoms with Gasteiger partial charge in [-0.3, -0.25) is 4.18 Å². The van der Waals surface area contributed by atoms with E-state index in [-0.39, 0.29) is 13.2 Å². The highest BCUT2D eigenvalue weighted by molar-refractivity contribution is 7.85. The largest absolute Gasteiger partial charge is 0.458 e. The Bertz CT molecular complexity index is 341. The van der Waals surface area contributed by atoms with Gasteiger partial charge in [-0.05, 0) is 33.6 Å². The average Bonchev–Trinajstić information content (AvgIpc) is 2.11. The predicted octanol–water partition coefficient (Wildman–Crippen LogP) is 1.10. The van der Waals surface area contributed by atoms with Crippen molar-refractivity contribution in [1.82, 2.24) is 0 Å². The molecule has 0 saturated carbocycles. The second kappa shape index (κ2) is 7.70. The van der Waals surface area contributed by atoms with Gasteiger partial charge in [0, 0.05) is 6.61 Å². The normalized spacial score (nSPS) is 12.4. The van der Waals surface area contributed by atoms with E-state index in [4.69, 9.17) is 9.47 Å². The van der Waals surface area contributed by atoms with Crippen LogP contribution >= 0.6 is 0 Å². The minimum atomic E-state index is -3.37. The molecule has 0 fully saturated rings. The fourth-order valence-electron chi connectivity index (χ4n) is 1.04. The van der Waals surface area contributed by atoms with E-state index in [9.17, 15) is 13.2 Å². The zero-order chi connectivity index (χ0) is 14.2. The van der Waals surface area contributed by atoms with Crippen molar-refractivity contribution in [1.29, 1.82) is 0 Å². The molecule has 6 nitrogen and oxygen atoms in total. The Balaban J connectivity index is 3.44. The lowest BCUT2D eigenvalue weighted by atomic mass is 10.2. The van der Waals surface area contributed by atoms with Crippen LogP contribution in [0.2, 0.25) is 0 Å². The third kappa shape index (κ3) is 13.4. The fraction of sp³-hybridized carbons (Fsp3) is 0.909. The van der Waals surface area contributed by atoms with Gasteiger partial charge in [-0.25, -0.2) is 4.79 Å². The molecular weight excluding hydrogens is 260 g/mol.